The molecule has 2 aromatic rings. The van der Waals surface area contributed by atoms with E-state index in [1.54, 1.807) is 46.2 Å². The second-order valence-electron chi connectivity index (χ2n) is 8.78. The fourth-order valence-electron chi connectivity index (χ4n) is 3.97. The molecule has 2 aliphatic heterocycles. The number of non-ortho nitro benzene ring substituents is 2. The van der Waals surface area contributed by atoms with Gasteiger partial charge in [0.05, 0.1) is 19.7 Å². The summed E-state index contributed by atoms with van der Waals surface area (Å²) >= 11 is 13.1. The minimum atomic E-state index is -0.466. The monoisotopic (exact) mass is 614 g/mol. The summed E-state index contributed by atoms with van der Waals surface area (Å²) < 4.78 is 0. The van der Waals surface area contributed by atoms with Crippen molar-refractivity contribution in [2.75, 3.05) is 13.1 Å². The maximum Gasteiger partial charge on any atom is 0.291 e. The molecule has 206 valence electrons. The molecule has 0 bridgehead atoms. The molecule has 0 spiro atoms. The van der Waals surface area contributed by atoms with E-state index in [0.29, 0.717) is 32.9 Å². The molecule has 2 amide bonds. The Balaban J connectivity index is 1.21. The zero-order valence-corrected chi connectivity index (χ0v) is 24.2. The molecule has 10 nitrogen and oxygen atoms in total. The molecule has 2 saturated heterocycles. The smallest absolute Gasteiger partial charge is 0.291 e. The van der Waals surface area contributed by atoms with Gasteiger partial charge in [-0.2, -0.15) is 0 Å². The molecule has 0 N–H and O–H groups in total. The highest BCUT2D eigenvalue weighted by atomic mass is 32.2. The molecular formula is C26H22N4O6S4. The van der Waals surface area contributed by atoms with Gasteiger partial charge in [0, 0.05) is 37.4 Å². The van der Waals surface area contributed by atoms with E-state index in [1.807, 2.05) is 0 Å². The fourth-order valence-corrected chi connectivity index (χ4v) is 6.54. The van der Waals surface area contributed by atoms with E-state index >= 15 is 0 Å². The Morgan fingerprint density at radius 2 is 1.00 bits per heavy atom. The lowest BCUT2D eigenvalue weighted by atomic mass is 10.1. The highest BCUT2D eigenvalue weighted by Gasteiger charge is 2.32. The maximum atomic E-state index is 12.5. The Morgan fingerprint density at radius 1 is 0.650 bits per heavy atom. The molecule has 0 unspecified atom stereocenters. The van der Waals surface area contributed by atoms with Crippen LogP contribution in [-0.4, -0.2) is 53.2 Å². The molecule has 0 saturated carbocycles. The van der Waals surface area contributed by atoms with Crippen LogP contribution in [0.2, 0.25) is 0 Å². The van der Waals surface area contributed by atoms with Gasteiger partial charge in [0.1, 0.15) is 9.98 Å². The molecule has 0 aromatic heterocycles. The van der Waals surface area contributed by atoms with Crippen LogP contribution in [0.4, 0.5) is 21.0 Å². The zero-order valence-electron chi connectivity index (χ0n) is 20.9. The van der Waals surface area contributed by atoms with E-state index in [9.17, 15) is 29.8 Å². The van der Waals surface area contributed by atoms with Crippen LogP contribution < -0.4 is 0 Å². The van der Waals surface area contributed by atoms with Gasteiger partial charge >= 0.3 is 0 Å². The topological polar surface area (TPSA) is 127 Å². The highest BCUT2D eigenvalue weighted by Crippen LogP contribution is 2.35. The molecule has 14 heteroatoms. The first-order valence-corrected chi connectivity index (χ1v) is 14.6. The number of rotatable bonds is 11. The van der Waals surface area contributed by atoms with E-state index in [-0.39, 0.29) is 21.9 Å². The Kier molecular flexibility index (Phi) is 9.79. The second-order valence-corrected chi connectivity index (χ2v) is 11.5. The number of amides is 2. The number of benzene rings is 2. The first-order valence-electron chi connectivity index (χ1n) is 12.1. The largest absolute Gasteiger partial charge is 0.293 e. The Labute approximate surface area is 248 Å². The number of carbonyl (C=O) groups excluding carboxylic acids is 2. The number of hydrogen-bond acceptors (Lipinski definition) is 10. The number of unbranched alkanes of at least 4 members (excludes halogenated alkanes) is 3. The van der Waals surface area contributed by atoms with E-state index in [2.05, 4.69) is 0 Å². The van der Waals surface area contributed by atoms with Crippen LogP contribution in [0.25, 0.3) is 12.2 Å². The van der Waals surface area contributed by atoms with Crippen molar-refractivity contribution in [3.8, 4) is 0 Å². The summed E-state index contributed by atoms with van der Waals surface area (Å²) in [5.74, 6) is 0. The summed E-state index contributed by atoms with van der Waals surface area (Å²) in [6, 6.07) is 12.1. The SMILES string of the molecule is O=C1S/C(=C\c2ccc([N+](=O)[O-])cc2)C(=S)N1CCCCCCN1C(=O)S/C(=C\c2ccc([N+](=O)[O-])cc2)C1=S. The molecule has 40 heavy (non-hydrogen) atoms. The van der Waals surface area contributed by atoms with Gasteiger partial charge in [-0.05, 0) is 83.9 Å². The fraction of sp³-hybridized carbons (Fsp3) is 0.231. The van der Waals surface area contributed by atoms with Crippen LogP contribution in [0.1, 0.15) is 36.8 Å². The maximum absolute atomic E-state index is 12.5. The summed E-state index contributed by atoms with van der Waals surface area (Å²) in [5, 5.41) is 21.4. The lowest BCUT2D eigenvalue weighted by Gasteiger charge is -2.16. The molecular weight excluding hydrogens is 593 g/mol. The average Bonchev–Trinajstić information content (AvgIpc) is 3.34. The first-order chi connectivity index (χ1) is 19.1. The van der Waals surface area contributed by atoms with Gasteiger partial charge in [-0.1, -0.05) is 37.3 Å². The van der Waals surface area contributed by atoms with Crippen molar-refractivity contribution < 1.29 is 19.4 Å². The summed E-state index contributed by atoms with van der Waals surface area (Å²) in [4.78, 5) is 51.0. The lowest BCUT2D eigenvalue weighted by Crippen LogP contribution is -2.28. The van der Waals surface area contributed by atoms with E-state index in [4.69, 9.17) is 24.4 Å². The lowest BCUT2D eigenvalue weighted by molar-refractivity contribution is -0.385. The van der Waals surface area contributed by atoms with Gasteiger partial charge in [-0.15, -0.1) is 0 Å². The van der Waals surface area contributed by atoms with Crippen molar-refractivity contribution in [3.63, 3.8) is 0 Å². The summed E-state index contributed by atoms with van der Waals surface area (Å²) in [6.45, 7) is 0.975. The number of nitro benzene ring substituents is 2. The van der Waals surface area contributed by atoms with Gasteiger partial charge in [0.15, 0.2) is 0 Å². The van der Waals surface area contributed by atoms with Crippen LogP contribution in [0, 0.1) is 20.2 Å². The van der Waals surface area contributed by atoms with Crippen LogP contribution in [-0.2, 0) is 0 Å². The number of hydrogen-bond donors (Lipinski definition) is 0. The predicted octanol–water partition coefficient (Wildman–Crippen LogP) is 7.44. The normalized spacial score (nSPS) is 17.5. The van der Waals surface area contributed by atoms with Gasteiger partial charge in [0.2, 0.25) is 0 Å². The Bertz CT molecular complexity index is 1330. The number of nitro groups is 2. The van der Waals surface area contributed by atoms with E-state index in [0.717, 1.165) is 60.3 Å². The molecule has 0 atom stereocenters. The van der Waals surface area contributed by atoms with Gasteiger partial charge in [-0.25, -0.2) is 0 Å². The quantitative estimate of drug-likeness (QED) is 0.0828. The van der Waals surface area contributed by atoms with Crippen LogP contribution in [0.15, 0.2) is 58.3 Å². The third kappa shape index (κ3) is 7.18. The Hall–Kier alpha value is -3.46. The molecule has 2 fully saturated rings. The molecule has 2 heterocycles. The molecule has 0 radical (unpaired) electrons. The van der Waals surface area contributed by atoms with Crippen LogP contribution >= 0.6 is 48.0 Å². The van der Waals surface area contributed by atoms with Crippen molar-refractivity contribution in [2.24, 2.45) is 0 Å². The number of thioether (sulfide) groups is 2. The molecule has 4 rings (SSSR count). The second kappa shape index (κ2) is 13.3. The first kappa shape index (κ1) is 29.5. The van der Waals surface area contributed by atoms with E-state index in [1.165, 1.54) is 24.3 Å². The third-order valence-electron chi connectivity index (χ3n) is 6.06. The minimum Gasteiger partial charge on any atom is -0.293 e. The van der Waals surface area contributed by atoms with Gasteiger partial charge in [-0.3, -0.25) is 39.6 Å². The minimum absolute atomic E-state index is 0.00432. The van der Waals surface area contributed by atoms with E-state index < -0.39 is 9.85 Å². The number of thiocarbonyl (C=S) groups is 2. The molecule has 2 aromatic carbocycles. The van der Waals surface area contributed by atoms with Crippen molar-refractivity contribution >= 4 is 91.9 Å². The number of carbonyl (C=O) groups is 2. The van der Waals surface area contributed by atoms with Crippen molar-refractivity contribution in [3.05, 3.63) is 89.7 Å². The molecule has 2 aliphatic rings. The summed E-state index contributed by atoms with van der Waals surface area (Å²) in [6.07, 6.45) is 6.68. The van der Waals surface area contributed by atoms with Gasteiger partial charge < -0.3 is 0 Å². The number of nitrogens with zero attached hydrogens (tertiary/aromatic N) is 4. The zero-order chi connectivity index (χ0) is 28.8. The van der Waals surface area contributed by atoms with Crippen molar-refractivity contribution in [1.82, 2.24) is 9.80 Å². The van der Waals surface area contributed by atoms with Crippen LogP contribution in [0.5, 0.6) is 0 Å². The Morgan fingerprint density at radius 3 is 1.32 bits per heavy atom. The molecule has 0 aliphatic carbocycles. The highest BCUT2D eigenvalue weighted by molar-refractivity contribution is 8.19. The summed E-state index contributed by atoms with van der Waals surface area (Å²) in [5.41, 5.74) is 1.44. The standard InChI is InChI=1S/C26H22N4O6S4/c31-25-27(23(37)21(39-25)15-17-5-9-19(10-6-17)29(33)34)13-3-1-2-4-14-28-24(38)22(40-26(28)32)16-18-7-11-20(12-8-18)30(35)36/h5-12,15-16H,1-4,13-14H2/b21-15-,22-16-. The average molecular weight is 615 g/mol. The van der Waals surface area contributed by atoms with Crippen LogP contribution in [0.3, 0.4) is 0 Å². The third-order valence-corrected chi connectivity index (χ3v) is 9.06. The van der Waals surface area contributed by atoms with Crippen molar-refractivity contribution in [1.29, 1.82) is 0 Å². The predicted molar refractivity (Wildman–Crippen MR) is 165 cm³/mol. The van der Waals surface area contributed by atoms with Crippen molar-refractivity contribution in [2.45, 2.75) is 25.7 Å². The summed E-state index contributed by atoms with van der Waals surface area (Å²) in [7, 11) is 0. The van der Waals surface area contributed by atoms with Gasteiger partial charge in [0.25, 0.3) is 21.9 Å².